The maximum absolute atomic E-state index is 5.00. The van der Waals surface area contributed by atoms with Gasteiger partial charge < -0.3 is 4.90 Å². The molecule has 0 saturated heterocycles. The largest absolute Gasteiger partial charge is 0.342 e. The summed E-state index contributed by atoms with van der Waals surface area (Å²) in [5, 5.41) is 18.0. The molecule has 1 N–H and O–H groups in total. The minimum absolute atomic E-state index is 0.105. The topological polar surface area (TPSA) is 101 Å². The van der Waals surface area contributed by atoms with E-state index in [4.69, 9.17) is 4.98 Å². The number of aromatic amines is 1. The molecule has 9 nitrogen and oxygen atoms in total. The van der Waals surface area contributed by atoms with Crippen molar-refractivity contribution >= 4 is 17.2 Å². The van der Waals surface area contributed by atoms with Crippen LogP contribution in [-0.4, -0.2) is 46.0 Å². The second kappa shape index (κ2) is 6.73. The molecule has 1 atom stereocenters. The molecule has 5 rings (SSSR count). The van der Waals surface area contributed by atoms with Gasteiger partial charge in [0.15, 0.2) is 17.5 Å². The molecule has 0 aromatic carbocycles. The number of fused-ring (bicyclic) bond motifs is 3. The highest BCUT2D eigenvalue weighted by atomic mass is 32.1. The summed E-state index contributed by atoms with van der Waals surface area (Å²) in [4.78, 5) is 16.4. The molecular weight excluding hydrogens is 386 g/mol. The maximum atomic E-state index is 5.00. The Morgan fingerprint density at radius 1 is 1.21 bits per heavy atom. The van der Waals surface area contributed by atoms with E-state index in [9.17, 15) is 0 Å². The van der Waals surface area contributed by atoms with Crippen LogP contribution in [0.3, 0.4) is 0 Å². The second-order valence-corrected chi connectivity index (χ2v) is 8.02. The Hall–Kier alpha value is -3.14. The summed E-state index contributed by atoms with van der Waals surface area (Å²) >= 11 is 1.54. The Bertz CT molecular complexity index is 1160. The summed E-state index contributed by atoms with van der Waals surface area (Å²) in [6.07, 6.45) is 4.52. The van der Waals surface area contributed by atoms with Crippen LogP contribution in [0.2, 0.25) is 0 Å². The first-order valence-corrected chi connectivity index (χ1v) is 10.5. The van der Waals surface area contributed by atoms with Gasteiger partial charge in [0.2, 0.25) is 0 Å². The molecular formula is C19H21N9S. The molecule has 4 aromatic rings. The van der Waals surface area contributed by atoms with Crippen molar-refractivity contribution in [2.75, 3.05) is 4.90 Å². The first-order chi connectivity index (χ1) is 14.1. The molecule has 0 saturated carbocycles. The fourth-order valence-electron chi connectivity index (χ4n) is 3.98. The Morgan fingerprint density at radius 3 is 2.79 bits per heavy atom. The number of nitrogens with zero attached hydrogens (tertiary/aromatic N) is 8. The number of hydrogen-bond acceptors (Lipinski definition) is 8. The van der Waals surface area contributed by atoms with Crippen LogP contribution in [0.25, 0.3) is 28.5 Å². The number of anilines is 1. The highest BCUT2D eigenvalue weighted by Crippen LogP contribution is 2.41. The van der Waals surface area contributed by atoms with E-state index >= 15 is 0 Å². The van der Waals surface area contributed by atoms with Crippen LogP contribution in [0, 0.1) is 6.92 Å². The van der Waals surface area contributed by atoms with E-state index in [1.807, 2.05) is 18.5 Å². The predicted molar refractivity (Wildman–Crippen MR) is 111 cm³/mol. The number of aryl methyl sites for hydroxylation is 1. The molecule has 4 aromatic heterocycles. The minimum Gasteiger partial charge on any atom is -0.342 e. The summed E-state index contributed by atoms with van der Waals surface area (Å²) in [5.41, 5.74) is 5.21. The molecule has 0 bridgehead atoms. The molecule has 1 unspecified atom stereocenters. The van der Waals surface area contributed by atoms with Gasteiger partial charge in [-0.3, -0.25) is 9.67 Å². The zero-order valence-corrected chi connectivity index (χ0v) is 17.5. The summed E-state index contributed by atoms with van der Waals surface area (Å²) in [5.74, 6) is 3.29. The maximum Gasteiger partial charge on any atom is 0.165 e. The Labute approximate surface area is 171 Å². The van der Waals surface area contributed by atoms with Crippen LogP contribution in [0.4, 0.5) is 5.82 Å². The fourth-order valence-corrected chi connectivity index (χ4v) is 4.52. The Balaban J connectivity index is 1.71. The van der Waals surface area contributed by atoms with E-state index in [-0.39, 0.29) is 12.1 Å². The molecule has 0 aliphatic carbocycles. The third-order valence-electron chi connectivity index (χ3n) is 5.23. The lowest BCUT2D eigenvalue weighted by molar-refractivity contribution is 0.496. The zero-order valence-electron chi connectivity index (χ0n) is 16.7. The lowest BCUT2D eigenvalue weighted by atomic mass is 10.1. The first-order valence-electron chi connectivity index (χ1n) is 9.60. The molecule has 1 aliphatic heterocycles. The van der Waals surface area contributed by atoms with Gasteiger partial charge in [-0.25, -0.2) is 15.0 Å². The third-order valence-corrected chi connectivity index (χ3v) is 5.82. The van der Waals surface area contributed by atoms with E-state index in [1.165, 1.54) is 0 Å². The van der Waals surface area contributed by atoms with Crippen molar-refractivity contribution in [1.82, 2.24) is 39.9 Å². The van der Waals surface area contributed by atoms with Gasteiger partial charge in [0.25, 0.3) is 0 Å². The highest BCUT2D eigenvalue weighted by molar-refractivity contribution is 7.07. The van der Waals surface area contributed by atoms with E-state index in [1.54, 1.807) is 23.0 Å². The van der Waals surface area contributed by atoms with E-state index in [0.717, 1.165) is 46.5 Å². The second-order valence-electron chi connectivity index (χ2n) is 7.30. The summed E-state index contributed by atoms with van der Waals surface area (Å²) in [6, 6.07) is 0.350. The SMILES string of the molecule is CCC1c2nnc(C)n2-c2cnc(-c3cn[nH]c3-c3cscn3)nc2N1C(C)C. The molecule has 29 heavy (non-hydrogen) atoms. The quantitative estimate of drug-likeness (QED) is 0.552. The standard InChI is InChI=1S/C19H21N9S/c1-5-14-19-26-24-11(4)28(19)15-7-20-17(23-18(15)27(14)10(2)3)12-6-22-25-16(12)13-8-29-9-21-13/h6-10,14H,5H2,1-4H3,(H,22,25). The lowest BCUT2D eigenvalue weighted by Gasteiger charge is -2.39. The molecule has 148 valence electrons. The monoisotopic (exact) mass is 407 g/mol. The fraction of sp³-hybridized carbons (Fsp3) is 0.368. The molecule has 0 radical (unpaired) electrons. The highest BCUT2D eigenvalue weighted by Gasteiger charge is 2.36. The number of H-pyrrole nitrogens is 1. The van der Waals surface area contributed by atoms with Crippen molar-refractivity contribution in [3.8, 4) is 28.5 Å². The van der Waals surface area contributed by atoms with Crippen LogP contribution in [0.5, 0.6) is 0 Å². The van der Waals surface area contributed by atoms with Crippen molar-refractivity contribution < 1.29 is 0 Å². The average Bonchev–Trinajstić information content (AvgIpc) is 3.46. The first kappa shape index (κ1) is 17.9. The third kappa shape index (κ3) is 2.66. The van der Waals surface area contributed by atoms with Crippen LogP contribution in [-0.2, 0) is 0 Å². The number of rotatable bonds is 4. The van der Waals surface area contributed by atoms with Gasteiger partial charge in [-0.1, -0.05) is 6.92 Å². The van der Waals surface area contributed by atoms with E-state index in [0.29, 0.717) is 5.82 Å². The van der Waals surface area contributed by atoms with Gasteiger partial charge in [-0.15, -0.1) is 21.5 Å². The zero-order chi connectivity index (χ0) is 20.1. The van der Waals surface area contributed by atoms with Crippen molar-refractivity contribution in [2.45, 2.75) is 46.2 Å². The van der Waals surface area contributed by atoms with E-state index in [2.05, 4.69) is 60.6 Å². The van der Waals surface area contributed by atoms with Crippen LogP contribution >= 0.6 is 11.3 Å². The van der Waals surface area contributed by atoms with Gasteiger partial charge in [0.1, 0.15) is 11.5 Å². The molecule has 0 spiro atoms. The number of nitrogens with one attached hydrogen (secondary N) is 1. The Kier molecular flexibility index (Phi) is 4.16. The lowest BCUT2D eigenvalue weighted by Crippen LogP contribution is -2.40. The van der Waals surface area contributed by atoms with Crippen molar-refractivity contribution in [1.29, 1.82) is 0 Å². The molecule has 0 fully saturated rings. The van der Waals surface area contributed by atoms with Gasteiger partial charge in [0, 0.05) is 11.4 Å². The number of aromatic nitrogens is 8. The predicted octanol–water partition coefficient (Wildman–Crippen LogP) is 3.56. The molecule has 1 aliphatic rings. The molecule has 5 heterocycles. The number of thiazole rings is 1. The van der Waals surface area contributed by atoms with Crippen molar-refractivity contribution in [3.05, 3.63) is 34.9 Å². The van der Waals surface area contributed by atoms with Crippen LogP contribution in [0.15, 0.2) is 23.3 Å². The Morgan fingerprint density at radius 2 is 2.07 bits per heavy atom. The van der Waals surface area contributed by atoms with Gasteiger partial charge >= 0.3 is 0 Å². The summed E-state index contributed by atoms with van der Waals surface area (Å²) in [7, 11) is 0. The average molecular weight is 408 g/mol. The molecule has 10 heteroatoms. The van der Waals surface area contributed by atoms with Crippen LogP contribution in [0.1, 0.15) is 44.9 Å². The van der Waals surface area contributed by atoms with Crippen molar-refractivity contribution in [2.24, 2.45) is 0 Å². The van der Waals surface area contributed by atoms with Crippen LogP contribution < -0.4 is 4.90 Å². The van der Waals surface area contributed by atoms with Gasteiger partial charge in [-0.2, -0.15) is 5.10 Å². The molecule has 0 amide bonds. The normalized spacial score (nSPS) is 15.6. The van der Waals surface area contributed by atoms with Gasteiger partial charge in [0.05, 0.1) is 40.9 Å². The summed E-state index contributed by atoms with van der Waals surface area (Å²) in [6.45, 7) is 8.47. The summed E-state index contributed by atoms with van der Waals surface area (Å²) < 4.78 is 2.07. The smallest absolute Gasteiger partial charge is 0.165 e. The van der Waals surface area contributed by atoms with Gasteiger partial charge in [-0.05, 0) is 27.2 Å². The minimum atomic E-state index is 0.105. The number of hydrogen-bond donors (Lipinski definition) is 1. The van der Waals surface area contributed by atoms with E-state index < -0.39 is 0 Å². The van der Waals surface area contributed by atoms with Crippen molar-refractivity contribution in [3.63, 3.8) is 0 Å².